The number of primary amides is 1. The van der Waals surface area contributed by atoms with Gasteiger partial charge in [0, 0.05) is 28.5 Å². The number of amides is 2. The molecule has 2 atom stereocenters. The average Bonchev–Trinajstić information content (AvgIpc) is 3.60. The van der Waals surface area contributed by atoms with Gasteiger partial charge in [-0.1, -0.05) is 11.3 Å². The number of benzene rings is 2. The largest absolute Gasteiger partial charge is 0.490 e. The summed E-state index contributed by atoms with van der Waals surface area (Å²) in [6.07, 6.45) is -2.21. The maximum atomic E-state index is 14.8. The first kappa shape index (κ1) is 32.2. The van der Waals surface area contributed by atoms with Gasteiger partial charge >= 0.3 is 6.18 Å². The van der Waals surface area contributed by atoms with E-state index in [1.54, 1.807) is 12.3 Å². The lowest BCUT2D eigenvalue weighted by molar-refractivity contribution is -0.265. The summed E-state index contributed by atoms with van der Waals surface area (Å²) in [5.74, 6) is -2.10. The van der Waals surface area contributed by atoms with Crippen LogP contribution in [0, 0.1) is 5.82 Å². The van der Waals surface area contributed by atoms with E-state index in [0.29, 0.717) is 21.4 Å². The number of pyridine rings is 1. The van der Waals surface area contributed by atoms with Crippen LogP contribution >= 0.6 is 11.3 Å². The summed E-state index contributed by atoms with van der Waals surface area (Å²) < 4.78 is 74.9. The normalized spacial score (nSPS) is 18.5. The van der Waals surface area contributed by atoms with E-state index in [-0.39, 0.29) is 40.8 Å². The molecule has 10 nitrogen and oxygen atoms in total. The number of aliphatic hydroxyl groups is 1. The molecule has 1 saturated carbocycles. The standard InChI is InChI=1S/C32H28F4N4O6S/c1-30(28(37)42)15-45-26-21(30)12-24(40-25(26)16-3-6-18(33)7-4-16)31(43,32(34,35)36)14-39-27(41)17-5-10-20(22(11-17)46-19-8-9-19)23-13-38-29(44-2)47-23/h3-7,10-13,19,43H,8-9,14-15H2,1-2H3,(H2,37,42)(H,39,41)/t30-,31-/m0/s1. The molecule has 3 heterocycles. The van der Waals surface area contributed by atoms with Crippen LogP contribution in [0.15, 0.2) is 54.7 Å². The fourth-order valence-electron chi connectivity index (χ4n) is 5.06. The van der Waals surface area contributed by atoms with Gasteiger partial charge in [-0.25, -0.2) is 14.4 Å². The Balaban J connectivity index is 1.36. The monoisotopic (exact) mass is 672 g/mol. The zero-order valence-electron chi connectivity index (χ0n) is 25.0. The lowest BCUT2D eigenvalue weighted by Gasteiger charge is -2.31. The van der Waals surface area contributed by atoms with E-state index in [1.165, 1.54) is 49.6 Å². The van der Waals surface area contributed by atoms with Crippen LogP contribution in [0.25, 0.3) is 21.7 Å². The zero-order chi connectivity index (χ0) is 33.7. The number of nitrogens with two attached hydrogens (primary N) is 1. The summed E-state index contributed by atoms with van der Waals surface area (Å²) in [7, 11) is 1.48. The molecule has 4 N–H and O–H groups in total. The lowest BCUT2D eigenvalue weighted by Crippen LogP contribution is -2.51. The summed E-state index contributed by atoms with van der Waals surface area (Å²) in [4.78, 5) is 34.7. The number of nitrogens with one attached hydrogen (secondary N) is 1. The van der Waals surface area contributed by atoms with E-state index in [9.17, 15) is 32.3 Å². The van der Waals surface area contributed by atoms with E-state index in [0.717, 1.165) is 31.0 Å². The van der Waals surface area contributed by atoms with Crippen LogP contribution < -0.4 is 25.3 Å². The quantitative estimate of drug-likeness (QED) is 0.202. The van der Waals surface area contributed by atoms with Crippen LogP contribution in [-0.4, -0.2) is 59.4 Å². The number of hydrogen-bond acceptors (Lipinski definition) is 9. The number of aromatic nitrogens is 2. The third-order valence-corrected chi connectivity index (χ3v) is 9.11. The Bertz CT molecular complexity index is 1860. The minimum atomic E-state index is -5.36. The Morgan fingerprint density at radius 1 is 1.17 bits per heavy atom. The first-order valence-corrected chi connectivity index (χ1v) is 15.2. The maximum absolute atomic E-state index is 14.8. The molecule has 1 fully saturated rings. The molecule has 2 amide bonds. The van der Waals surface area contributed by atoms with Crippen LogP contribution in [0.2, 0.25) is 0 Å². The topological polar surface area (TPSA) is 146 Å². The number of carbonyl (C=O) groups excluding carboxylic acids is 2. The third kappa shape index (κ3) is 5.96. The molecule has 0 unspecified atom stereocenters. The summed E-state index contributed by atoms with van der Waals surface area (Å²) in [5.41, 5.74) is -0.0640. The van der Waals surface area contributed by atoms with Gasteiger partial charge in [-0.05, 0) is 68.3 Å². The number of nitrogens with zero attached hydrogens (tertiary/aromatic N) is 2. The number of fused-ring (bicyclic) bond motifs is 1. The number of rotatable bonds is 10. The number of carbonyl (C=O) groups is 2. The van der Waals surface area contributed by atoms with Crippen molar-refractivity contribution in [1.82, 2.24) is 15.3 Å². The highest BCUT2D eigenvalue weighted by atomic mass is 32.1. The first-order valence-electron chi connectivity index (χ1n) is 14.4. The van der Waals surface area contributed by atoms with Crippen molar-refractivity contribution >= 4 is 23.2 Å². The molecule has 246 valence electrons. The van der Waals surface area contributed by atoms with Crippen LogP contribution in [0.4, 0.5) is 17.6 Å². The van der Waals surface area contributed by atoms with Crippen molar-refractivity contribution in [3.05, 3.63) is 77.4 Å². The molecular weight excluding hydrogens is 644 g/mol. The molecule has 1 aliphatic heterocycles. The van der Waals surface area contributed by atoms with Gasteiger partial charge < -0.3 is 30.4 Å². The number of alkyl halides is 3. The number of methoxy groups -OCH3 is 1. The van der Waals surface area contributed by atoms with Gasteiger partial charge in [0.05, 0.1) is 30.3 Å². The van der Waals surface area contributed by atoms with E-state index in [4.69, 9.17) is 19.9 Å². The highest BCUT2D eigenvalue weighted by molar-refractivity contribution is 7.16. The highest BCUT2D eigenvalue weighted by Crippen LogP contribution is 2.48. The Kier molecular flexibility index (Phi) is 8.08. The highest BCUT2D eigenvalue weighted by Gasteiger charge is 2.57. The van der Waals surface area contributed by atoms with Gasteiger partial charge in [0.1, 0.15) is 35.0 Å². The lowest BCUT2D eigenvalue weighted by atomic mass is 9.81. The van der Waals surface area contributed by atoms with Crippen molar-refractivity contribution in [2.45, 2.75) is 43.1 Å². The SMILES string of the molecule is COc1ncc(-c2ccc(C(=O)NC[C@](O)(c3cc4c(c(-c5ccc(F)cc5)n3)OC[C@]4(C)C(N)=O)C(F)(F)F)cc2OC2CC2)s1. The minimum absolute atomic E-state index is 0.0194. The van der Waals surface area contributed by atoms with Gasteiger partial charge in [0.25, 0.3) is 11.1 Å². The van der Waals surface area contributed by atoms with Crippen LogP contribution in [0.5, 0.6) is 16.7 Å². The fraction of sp³-hybridized carbons (Fsp3) is 0.312. The molecule has 2 aliphatic rings. The van der Waals surface area contributed by atoms with Crippen LogP contribution in [-0.2, 0) is 15.8 Å². The molecule has 0 spiro atoms. The van der Waals surface area contributed by atoms with E-state index < -0.39 is 47.1 Å². The maximum Gasteiger partial charge on any atom is 0.424 e. The summed E-state index contributed by atoms with van der Waals surface area (Å²) in [6, 6.07) is 10.0. The van der Waals surface area contributed by atoms with Crippen molar-refractivity contribution in [3.63, 3.8) is 0 Å². The molecule has 1 aliphatic carbocycles. The van der Waals surface area contributed by atoms with Crippen molar-refractivity contribution < 1.29 is 46.5 Å². The first-order chi connectivity index (χ1) is 22.2. The Hall–Kier alpha value is -4.76. The zero-order valence-corrected chi connectivity index (χ0v) is 25.8. The average molecular weight is 673 g/mol. The van der Waals surface area contributed by atoms with Crippen molar-refractivity contribution in [2.75, 3.05) is 20.3 Å². The molecule has 2 aromatic heterocycles. The number of halogens is 4. The van der Waals surface area contributed by atoms with Crippen LogP contribution in [0.3, 0.4) is 0 Å². The van der Waals surface area contributed by atoms with E-state index >= 15 is 0 Å². The summed E-state index contributed by atoms with van der Waals surface area (Å²) in [5, 5.41) is 13.9. The van der Waals surface area contributed by atoms with Crippen molar-refractivity contribution in [1.29, 1.82) is 0 Å². The fourth-order valence-corrected chi connectivity index (χ4v) is 5.82. The molecule has 2 aromatic carbocycles. The Labute approximate surface area is 269 Å². The van der Waals surface area contributed by atoms with Gasteiger partial charge in [-0.15, -0.1) is 0 Å². The van der Waals surface area contributed by atoms with E-state index in [1.807, 2.05) is 0 Å². The minimum Gasteiger partial charge on any atom is -0.490 e. The van der Waals surface area contributed by atoms with Gasteiger partial charge in [-0.3, -0.25) is 9.59 Å². The third-order valence-electron chi connectivity index (χ3n) is 8.12. The van der Waals surface area contributed by atoms with E-state index in [2.05, 4.69) is 15.3 Å². The second kappa shape index (κ2) is 11.8. The molecular formula is C32H28F4N4O6S. The van der Waals surface area contributed by atoms with Gasteiger partial charge in [-0.2, -0.15) is 13.2 Å². The molecule has 4 aromatic rings. The molecule has 15 heteroatoms. The second-order valence-corrected chi connectivity index (χ2v) is 12.5. The van der Waals surface area contributed by atoms with Gasteiger partial charge in [0.2, 0.25) is 11.5 Å². The Morgan fingerprint density at radius 3 is 2.51 bits per heavy atom. The second-order valence-electron chi connectivity index (χ2n) is 11.5. The molecule has 6 rings (SSSR count). The van der Waals surface area contributed by atoms with Crippen LogP contribution in [0.1, 0.15) is 41.4 Å². The van der Waals surface area contributed by atoms with Crippen molar-refractivity contribution in [3.8, 4) is 38.4 Å². The van der Waals surface area contributed by atoms with Crippen molar-refractivity contribution in [2.24, 2.45) is 5.73 Å². The summed E-state index contributed by atoms with van der Waals surface area (Å²) >= 11 is 1.25. The predicted octanol–water partition coefficient (Wildman–Crippen LogP) is 4.88. The number of hydrogen-bond donors (Lipinski definition) is 3. The summed E-state index contributed by atoms with van der Waals surface area (Å²) in [6.45, 7) is -0.250. The Morgan fingerprint density at radius 2 is 1.89 bits per heavy atom. The molecule has 0 bridgehead atoms. The number of thiazole rings is 1. The molecule has 0 radical (unpaired) electrons. The number of ether oxygens (including phenoxy) is 3. The molecule has 47 heavy (non-hydrogen) atoms. The predicted molar refractivity (Wildman–Crippen MR) is 162 cm³/mol. The smallest absolute Gasteiger partial charge is 0.424 e. The van der Waals surface area contributed by atoms with Gasteiger partial charge in [0.15, 0.2) is 0 Å². The molecule has 0 saturated heterocycles.